The van der Waals surface area contributed by atoms with Gasteiger partial charge in [-0.2, -0.15) is 0 Å². The van der Waals surface area contributed by atoms with E-state index in [9.17, 15) is 9.59 Å². The molecule has 0 radical (unpaired) electrons. The Morgan fingerprint density at radius 3 is 2.76 bits per heavy atom. The standard InChI is InChI=1S/C16H17NO4/c1-9-4-3-5-11-8-13(21-14(9)11)15(18)17-7-6-12(10(17)2)16(19)20/h3-5,8,10,12H,6-7H2,1-2H3,(H,19,20). The minimum Gasteiger partial charge on any atom is -0.481 e. The lowest BCUT2D eigenvalue weighted by Crippen LogP contribution is -2.37. The number of carbonyl (C=O) groups is 2. The van der Waals surface area contributed by atoms with Crippen molar-refractivity contribution in [3.8, 4) is 0 Å². The molecule has 1 N–H and O–H groups in total. The highest BCUT2D eigenvalue weighted by molar-refractivity contribution is 5.97. The maximum absolute atomic E-state index is 12.5. The highest BCUT2D eigenvalue weighted by Gasteiger charge is 2.39. The summed E-state index contributed by atoms with van der Waals surface area (Å²) in [7, 11) is 0. The first kappa shape index (κ1) is 13.7. The number of carboxylic acid groups (broad SMARTS) is 1. The van der Waals surface area contributed by atoms with Gasteiger partial charge in [-0.05, 0) is 31.9 Å². The molecule has 2 atom stereocenters. The van der Waals surface area contributed by atoms with Crippen LogP contribution in [0.2, 0.25) is 0 Å². The van der Waals surface area contributed by atoms with Crippen LogP contribution in [0.4, 0.5) is 0 Å². The largest absolute Gasteiger partial charge is 0.481 e. The van der Waals surface area contributed by atoms with Crippen LogP contribution in [0, 0.1) is 12.8 Å². The molecule has 1 aromatic heterocycles. The Morgan fingerprint density at radius 1 is 1.38 bits per heavy atom. The van der Waals surface area contributed by atoms with Crippen LogP contribution < -0.4 is 0 Å². The Balaban J connectivity index is 1.91. The number of rotatable bonds is 2. The fraction of sp³-hybridized carbons (Fsp3) is 0.375. The average molecular weight is 287 g/mol. The molecule has 1 amide bonds. The van der Waals surface area contributed by atoms with Crippen LogP contribution in [-0.2, 0) is 4.79 Å². The van der Waals surface area contributed by atoms with Gasteiger partial charge >= 0.3 is 5.97 Å². The van der Waals surface area contributed by atoms with Gasteiger partial charge < -0.3 is 14.4 Å². The maximum Gasteiger partial charge on any atom is 0.308 e. The predicted molar refractivity (Wildman–Crippen MR) is 77.2 cm³/mol. The van der Waals surface area contributed by atoms with E-state index in [4.69, 9.17) is 9.52 Å². The Hall–Kier alpha value is -2.30. The van der Waals surface area contributed by atoms with Crippen LogP contribution in [0.5, 0.6) is 0 Å². The van der Waals surface area contributed by atoms with E-state index < -0.39 is 11.9 Å². The van der Waals surface area contributed by atoms with E-state index in [-0.39, 0.29) is 17.7 Å². The van der Waals surface area contributed by atoms with Gasteiger partial charge in [0.1, 0.15) is 5.58 Å². The molecule has 5 nitrogen and oxygen atoms in total. The first-order valence-electron chi connectivity index (χ1n) is 7.02. The molecular weight excluding hydrogens is 270 g/mol. The first-order chi connectivity index (χ1) is 9.99. The smallest absolute Gasteiger partial charge is 0.308 e. The van der Waals surface area contributed by atoms with E-state index in [1.165, 1.54) is 0 Å². The van der Waals surface area contributed by atoms with Crippen LogP contribution in [-0.4, -0.2) is 34.5 Å². The summed E-state index contributed by atoms with van der Waals surface area (Å²) >= 11 is 0. The molecule has 5 heteroatoms. The number of furan rings is 1. The number of aliphatic carboxylic acids is 1. The zero-order chi connectivity index (χ0) is 15.1. The fourth-order valence-corrected chi connectivity index (χ4v) is 3.01. The lowest BCUT2D eigenvalue weighted by Gasteiger charge is -2.22. The van der Waals surface area contributed by atoms with Gasteiger partial charge in [-0.1, -0.05) is 18.2 Å². The van der Waals surface area contributed by atoms with Crippen LogP contribution in [0.15, 0.2) is 28.7 Å². The molecule has 0 aliphatic carbocycles. The summed E-state index contributed by atoms with van der Waals surface area (Å²) in [5.74, 6) is -1.31. The van der Waals surface area contributed by atoms with Crippen molar-refractivity contribution in [2.45, 2.75) is 26.3 Å². The molecule has 1 saturated heterocycles. The number of amides is 1. The summed E-state index contributed by atoms with van der Waals surface area (Å²) < 4.78 is 5.68. The molecule has 0 saturated carbocycles. The van der Waals surface area contributed by atoms with E-state index in [1.807, 2.05) is 25.1 Å². The van der Waals surface area contributed by atoms with Crippen LogP contribution >= 0.6 is 0 Å². The number of benzene rings is 1. The predicted octanol–water partition coefficient (Wildman–Crippen LogP) is 2.68. The van der Waals surface area contributed by atoms with Gasteiger partial charge in [-0.3, -0.25) is 9.59 Å². The van der Waals surface area contributed by atoms with Crippen molar-refractivity contribution in [3.63, 3.8) is 0 Å². The third kappa shape index (κ3) is 2.18. The molecule has 2 heterocycles. The van der Waals surface area contributed by atoms with Gasteiger partial charge in [0.2, 0.25) is 0 Å². The Morgan fingerprint density at radius 2 is 2.14 bits per heavy atom. The van der Waals surface area contributed by atoms with Crippen molar-refractivity contribution in [1.29, 1.82) is 0 Å². The summed E-state index contributed by atoms with van der Waals surface area (Å²) in [5.41, 5.74) is 1.69. The topological polar surface area (TPSA) is 70.8 Å². The summed E-state index contributed by atoms with van der Waals surface area (Å²) in [6.07, 6.45) is 0.488. The minimum absolute atomic E-state index is 0.234. The monoisotopic (exact) mass is 287 g/mol. The number of nitrogens with zero attached hydrogens (tertiary/aromatic N) is 1. The number of fused-ring (bicyclic) bond motifs is 1. The van der Waals surface area contributed by atoms with Gasteiger partial charge in [-0.15, -0.1) is 0 Å². The number of carbonyl (C=O) groups excluding carboxylic acids is 1. The van der Waals surface area contributed by atoms with Crippen molar-refractivity contribution >= 4 is 22.8 Å². The molecular formula is C16H17NO4. The van der Waals surface area contributed by atoms with Crippen molar-refractivity contribution in [2.24, 2.45) is 5.92 Å². The summed E-state index contributed by atoms with van der Waals surface area (Å²) in [5, 5.41) is 10.0. The number of hydrogen-bond donors (Lipinski definition) is 1. The Labute approximate surface area is 122 Å². The zero-order valence-corrected chi connectivity index (χ0v) is 12.0. The van der Waals surface area contributed by atoms with Crippen LogP contribution in [0.25, 0.3) is 11.0 Å². The minimum atomic E-state index is -0.849. The highest BCUT2D eigenvalue weighted by atomic mass is 16.4. The highest BCUT2D eigenvalue weighted by Crippen LogP contribution is 2.28. The number of para-hydroxylation sites is 1. The second-order valence-corrected chi connectivity index (χ2v) is 5.58. The Bertz CT molecular complexity index is 718. The lowest BCUT2D eigenvalue weighted by atomic mass is 10.0. The van der Waals surface area contributed by atoms with Crippen LogP contribution in [0.1, 0.15) is 29.5 Å². The second-order valence-electron chi connectivity index (χ2n) is 5.58. The molecule has 1 aliphatic heterocycles. The summed E-state index contributed by atoms with van der Waals surface area (Å²) in [4.78, 5) is 25.3. The first-order valence-corrected chi connectivity index (χ1v) is 7.02. The molecule has 1 aromatic carbocycles. The van der Waals surface area contributed by atoms with Crippen molar-refractivity contribution in [1.82, 2.24) is 4.90 Å². The number of hydrogen-bond acceptors (Lipinski definition) is 3. The number of aryl methyl sites for hydroxylation is 1. The van der Waals surface area contributed by atoms with Gasteiger partial charge in [-0.25, -0.2) is 0 Å². The molecule has 2 unspecified atom stereocenters. The molecule has 2 aromatic rings. The van der Waals surface area contributed by atoms with E-state index in [0.717, 1.165) is 10.9 Å². The maximum atomic E-state index is 12.5. The molecule has 3 rings (SSSR count). The van der Waals surface area contributed by atoms with Gasteiger partial charge in [0.15, 0.2) is 5.76 Å². The van der Waals surface area contributed by atoms with Crippen LogP contribution in [0.3, 0.4) is 0 Å². The van der Waals surface area contributed by atoms with E-state index in [2.05, 4.69) is 0 Å². The molecule has 110 valence electrons. The number of likely N-dealkylation sites (tertiary alicyclic amines) is 1. The lowest BCUT2D eigenvalue weighted by molar-refractivity contribution is -0.142. The van der Waals surface area contributed by atoms with E-state index >= 15 is 0 Å². The molecule has 0 bridgehead atoms. The molecule has 1 fully saturated rings. The molecule has 1 aliphatic rings. The van der Waals surface area contributed by atoms with Crippen molar-refractivity contribution < 1.29 is 19.1 Å². The third-order valence-corrected chi connectivity index (χ3v) is 4.28. The molecule has 0 spiro atoms. The Kier molecular flexibility index (Phi) is 3.20. The van der Waals surface area contributed by atoms with Gasteiger partial charge in [0.25, 0.3) is 5.91 Å². The second kappa shape index (κ2) is 4.91. The summed E-state index contributed by atoms with van der Waals surface area (Å²) in [6.45, 7) is 4.16. The van der Waals surface area contributed by atoms with Gasteiger partial charge in [0.05, 0.1) is 5.92 Å². The molecule has 21 heavy (non-hydrogen) atoms. The quantitative estimate of drug-likeness (QED) is 0.921. The zero-order valence-electron chi connectivity index (χ0n) is 12.0. The fourth-order valence-electron chi connectivity index (χ4n) is 3.01. The third-order valence-electron chi connectivity index (χ3n) is 4.28. The SMILES string of the molecule is Cc1cccc2cc(C(=O)N3CCC(C(=O)O)C3C)oc12. The normalized spacial score (nSPS) is 21.9. The van der Waals surface area contributed by atoms with Gasteiger partial charge in [0, 0.05) is 18.0 Å². The van der Waals surface area contributed by atoms with E-state index in [1.54, 1.807) is 17.9 Å². The number of carboxylic acids is 1. The average Bonchev–Trinajstić information content (AvgIpc) is 3.02. The summed E-state index contributed by atoms with van der Waals surface area (Å²) in [6, 6.07) is 7.16. The van der Waals surface area contributed by atoms with Crippen molar-refractivity contribution in [2.75, 3.05) is 6.54 Å². The van der Waals surface area contributed by atoms with Crippen molar-refractivity contribution in [3.05, 3.63) is 35.6 Å². The van der Waals surface area contributed by atoms with E-state index in [0.29, 0.717) is 18.5 Å².